The van der Waals surface area contributed by atoms with Crippen LogP contribution in [0.5, 0.6) is 0 Å². The molecule has 0 spiro atoms. The number of anilines is 1. The summed E-state index contributed by atoms with van der Waals surface area (Å²) in [5.41, 5.74) is 1.19. The molecule has 1 N–H and O–H groups in total. The molecule has 50 valence electrons. The number of hydrogen-bond donors (Lipinski definition) is 1. The first kappa shape index (κ1) is 7.56. The topological polar surface area (TPSA) is 12.0 Å². The highest BCUT2D eigenvalue weighted by atomic mass is 29.2. The normalized spacial score (nSPS) is 9.90. The third-order valence-electron chi connectivity index (χ3n) is 1.11. The Balaban J connectivity index is 2.59. The van der Waals surface area contributed by atoms with Crippen molar-refractivity contribution in [1.82, 2.24) is 0 Å². The highest BCUT2D eigenvalue weighted by Gasteiger charge is 1.93. The summed E-state index contributed by atoms with van der Waals surface area (Å²) < 4.78 is 0. The van der Waals surface area contributed by atoms with Crippen molar-refractivity contribution in [3.8, 4) is 0 Å². The average molecular weight is 163 g/mol. The Kier molecular flexibility index (Phi) is 2.71. The summed E-state index contributed by atoms with van der Waals surface area (Å²) in [6.07, 6.45) is 0. The van der Waals surface area contributed by atoms with Gasteiger partial charge in [0.2, 0.25) is 0 Å². The van der Waals surface area contributed by atoms with E-state index in [1.165, 1.54) is 5.69 Å². The van der Waals surface area contributed by atoms with Gasteiger partial charge in [-0.05, 0) is 12.1 Å². The van der Waals surface area contributed by atoms with Crippen LogP contribution >= 0.6 is 0 Å². The molecular formula is C7H9NSi2. The van der Waals surface area contributed by atoms with Crippen LogP contribution in [0, 0.1) is 0 Å². The van der Waals surface area contributed by atoms with Gasteiger partial charge in [-0.15, -0.1) is 0 Å². The van der Waals surface area contributed by atoms with E-state index in [4.69, 9.17) is 0 Å². The van der Waals surface area contributed by atoms with E-state index in [0.717, 1.165) is 0 Å². The minimum atomic E-state index is -0.531. The van der Waals surface area contributed by atoms with Crippen molar-refractivity contribution in [3.63, 3.8) is 0 Å². The summed E-state index contributed by atoms with van der Waals surface area (Å²) in [5, 5.41) is 0. The molecule has 0 saturated heterocycles. The molecule has 1 nitrogen and oxygen atoms in total. The van der Waals surface area contributed by atoms with Crippen molar-refractivity contribution in [3.05, 3.63) is 30.3 Å². The molecule has 4 radical (unpaired) electrons. The molecule has 0 aliphatic heterocycles. The molecule has 0 aromatic heterocycles. The van der Waals surface area contributed by atoms with Gasteiger partial charge in [0.15, 0.2) is 0 Å². The van der Waals surface area contributed by atoms with Crippen molar-refractivity contribution in [2.45, 2.75) is 6.55 Å². The maximum Gasteiger partial charge on any atom is 0.139 e. The number of benzene rings is 1. The van der Waals surface area contributed by atoms with Gasteiger partial charge in [0.25, 0.3) is 0 Å². The maximum atomic E-state index is 3.55. The molecule has 0 saturated carbocycles. The van der Waals surface area contributed by atoms with Gasteiger partial charge in [-0.25, -0.2) is 0 Å². The summed E-state index contributed by atoms with van der Waals surface area (Å²) in [4.78, 5) is 3.32. The van der Waals surface area contributed by atoms with Crippen LogP contribution in [-0.4, -0.2) is 18.2 Å². The number of rotatable bonds is 2. The number of nitrogens with one attached hydrogen (secondary N) is 1. The molecule has 0 aliphatic rings. The Morgan fingerprint density at radius 3 is 2.40 bits per heavy atom. The Bertz CT molecular complexity index is 186. The predicted octanol–water partition coefficient (Wildman–Crippen LogP) is 1.38. The van der Waals surface area contributed by atoms with Gasteiger partial charge in [0.05, 0.1) is 0 Å². The smallest absolute Gasteiger partial charge is 0.139 e. The second-order valence-electron chi connectivity index (χ2n) is 2.12. The third-order valence-corrected chi connectivity index (χ3v) is 2.14. The van der Waals surface area contributed by atoms with Crippen molar-refractivity contribution in [1.29, 1.82) is 0 Å². The van der Waals surface area contributed by atoms with E-state index in [1.54, 1.807) is 0 Å². The Hall–Kier alpha value is -0.546. The lowest BCUT2D eigenvalue weighted by atomic mass is 10.3. The summed E-state index contributed by atoms with van der Waals surface area (Å²) in [7, 11) is 3.02. The monoisotopic (exact) mass is 163 g/mol. The van der Waals surface area contributed by atoms with Crippen LogP contribution in [0.15, 0.2) is 30.3 Å². The molecule has 1 aromatic rings. The molecule has 1 rings (SSSR count). The predicted molar refractivity (Wildman–Crippen MR) is 47.4 cm³/mol. The van der Waals surface area contributed by atoms with E-state index >= 15 is 0 Å². The van der Waals surface area contributed by atoms with Crippen LogP contribution in [0.2, 0.25) is 6.55 Å². The van der Waals surface area contributed by atoms with Crippen LogP contribution in [0.3, 0.4) is 0 Å². The minimum Gasteiger partial charge on any atom is -0.414 e. The lowest BCUT2D eigenvalue weighted by molar-refractivity contribution is 1.66. The van der Waals surface area contributed by atoms with Crippen LogP contribution in [-0.2, 0) is 0 Å². The van der Waals surface area contributed by atoms with Crippen LogP contribution in [0.1, 0.15) is 0 Å². The molecule has 0 amide bonds. The van der Waals surface area contributed by atoms with E-state index in [0.29, 0.717) is 0 Å². The summed E-state index contributed by atoms with van der Waals surface area (Å²) in [6.45, 7) is 2.15. The molecule has 0 fully saturated rings. The van der Waals surface area contributed by atoms with Crippen LogP contribution in [0.4, 0.5) is 5.69 Å². The van der Waals surface area contributed by atoms with Gasteiger partial charge in [-0.1, -0.05) is 24.7 Å². The van der Waals surface area contributed by atoms with Crippen molar-refractivity contribution in [2.75, 3.05) is 4.98 Å². The summed E-state index contributed by atoms with van der Waals surface area (Å²) in [5.74, 6) is 0. The minimum absolute atomic E-state index is 0.531. The molecule has 0 heterocycles. The molecule has 0 atom stereocenters. The zero-order valence-corrected chi connectivity index (χ0v) is 7.89. The molecule has 0 bridgehead atoms. The molecule has 0 aliphatic carbocycles. The van der Waals surface area contributed by atoms with Gasteiger partial charge >= 0.3 is 0 Å². The lowest BCUT2D eigenvalue weighted by Gasteiger charge is -2.06. The largest absolute Gasteiger partial charge is 0.414 e. The second-order valence-corrected chi connectivity index (χ2v) is 5.87. The summed E-state index contributed by atoms with van der Waals surface area (Å²) >= 11 is 0. The van der Waals surface area contributed by atoms with E-state index in [1.807, 2.05) is 18.2 Å². The first-order valence-electron chi connectivity index (χ1n) is 3.16. The SMILES string of the molecule is C[Si]([Si])Nc1ccccc1. The van der Waals surface area contributed by atoms with Gasteiger partial charge in [-0.2, -0.15) is 0 Å². The lowest BCUT2D eigenvalue weighted by Crippen LogP contribution is -2.20. The van der Waals surface area contributed by atoms with Crippen LogP contribution in [0.25, 0.3) is 0 Å². The number of hydrogen-bond acceptors (Lipinski definition) is 1. The zero-order valence-electron chi connectivity index (χ0n) is 5.89. The first-order valence-corrected chi connectivity index (χ1v) is 6.66. The fourth-order valence-corrected chi connectivity index (χ4v) is 1.77. The molecule has 1 aromatic carbocycles. The third kappa shape index (κ3) is 2.37. The Labute approximate surface area is 66.4 Å². The van der Waals surface area contributed by atoms with E-state index in [2.05, 4.69) is 33.4 Å². The maximum absolute atomic E-state index is 3.55. The standard InChI is InChI=1S/C7H9NSi2/c1-10(9)8-7-5-3-2-4-6-7/h2-6,8H,1H3. The van der Waals surface area contributed by atoms with E-state index in [-0.39, 0.29) is 0 Å². The Morgan fingerprint density at radius 2 is 1.90 bits per heavy atom. The van der Waals surface area contributed by atoms with E-state index < -0.39 is 8.48 Å². The first-order chi connectivity index (χ1) is 4.79. The highest BCUT2D eigenvalue weighted by Crippen LogP contribution is 2.03. The molecule has 3 heteroatoms. The fraction of sp³-hybridized carbons (Fsp3) is 0.143. The molecule has 0 unspecified atom stereocenters. The van der Waals surface area contributed by atoms with E-state index in [9.17, 15) is 0 Å². The highest BCUT2D eigenvalue weighted by molar-refractivity contribution is 7.04. The second kappa shape index (κ2) is 3.58. The Morgan fingerprint density at radius 1 is 1.30 bits per heavy atom. The quantitative estimate of drug-likeness (QED) is 0.650. The van der Waals surface area contributed by atoms with Crippen molar-refractivity contribution < 1.29 is 0 Å². The van der Waals surface area contributed by atoms with Crippen molar-refractivity contribution >= 4 is 23.9 Å². The average Bonchev–Trinajstić information content (AvgIpc) is 1.88. The molecular weight excluding hydrogens is 154 g/mol. The van der Waals surface area contributed by atoms with Gasteiger partial charge in [-0.3, -0.25) is 0 Å². The molecule has 10 heavy (non-hydrogen) atoms. The zero-order chi connectivity index (χ0) is 7.40. The van der Waals surface area contributed by atoms with Gasteiger partial charge in [0.1, 0.15) is 8.48 Å². The van der Waals surface area contributed by atoms with Crippen molar-refractivity contribution in [2.24, 2.45) is 0 Å². The van der Waals surface area contributed by atoms with Gasteiger partial charge < -0.3 is 4.98 Å². The number of para-hydroxylation sites is 1. The van der Waals surface area contributed by atoms with Crippen LogP contribution < -0.4 is 4.98 Å². The van der Waals surface area contributed by atoms with Gasteiger partial charge in [0, 0.05) is 15.4 Å². The fourth-order valence-electron chi connectivity index (χ4n) is 0.738. The summed E-state index contributed by atoms with van der Waals surface area (Å²) in [6, 6.07) is 10.2.